The summed E-state index contributed by atoms with van der Waals surface area (Å²) in [6, 6.07) is 0. The molecule has 0 aliphatic carbocycles. The van der Waals surface area contributed by atoms with Crippen molar-refractivity contribution in [1.82, 2.24) is 0 Å². The molecule has 0 aliphatic heterocycles. The van der Waals surface area contributed by atoms with Crippen LogP contribution in [-0.2, 0) is 23.8 Å². The number of rotatable bonds is 50. The third kappa shape index (κ3) is 53.4. The lowest BCUT2D eigenvalue weighted by Crippen LogP contribution is -2.30. The smallest absolute Gasteiger partial charge is 0.306 e. The maximum atomic E-state index is 12.8. The van der Waals surface area contributed by atoms with Crippen molar-refractivity contribution in [2.75, 3.05) is 19.8 Å². The Morgan fingerprint density at radius 3 is 1.15 bits per heavy atom. The Kier molecular flexibility index (Phi) is 53.4. The molecule has 0 rings (SSSR count). The number of carbonyl (C=O) groups excluding carboxylic acids is 2. The van der Waals surface area contributed by atoms with Crippen molar-refractivity contribution < 1.29 is 23.8 Å². The van der Waals surface area contributed by atoms with Crippen molar-refractivity contribution in [3.8, 4) is 0 Å². The van der Waals surface area contributed by atoms with Crippen molar-refractivity contribution in [2.24, 2.45) is 0 Å². The first-order valence-electron chi connectivity index (χ1n) is 27.8. The molecule has 5 nitrogen and oxygen atoms in total. The predicted octanol–water partition coefficient (Wildman–Crippen LogP) is 19.0. The lowest BCUT2D eigenvalue weighted by molar-refractivity contribution is -0.162. The van der Waals surface area contributed by atoms with Gasteiger partial charge in [-0.05, 0) is 109 Å². The molecule has 66 heavy (non-hydrogen) atoms. The predicted molar refractivity (Wildman–Crippen MR) is 288 cm³/mol. The highest BCUT2D eigenvalue weighted by atomic mass is 16.6. The van der Waals surface area contributed by atoms with E-state index in [2.05, 4.69) is 112 Å². The van der Waals surface area contributed by atoms with Crippen LogP contribution in [0.3, 0.4) is 0 Å². The summed E-state index contributed by atoms with van der Waals surface area (Å²) >= 11 is 0. The highest BCUT2D eigenvalue weighted by Gasteiger charge is 2.17. The molecule has 378 valence electrons. The quantitative estimate of drug-likeness (QED) is 0.0346. The Morgan fingerprint density at radius 2 is 0.712 bits per heavy atom. The minimum absolute atomic E-state index is 0.0358. The van der Waals surface area contributed by atoms with Crippen LogP contribution in [0.25, 0.3) is 0 Å². The van der Waals surface area contributed by atoms with Crippen molar-refractivity contribution >= 4 is 11.9 Å². The van der Waals surface area contributed by atoms with E-state index in [9.17, 15) is 9.59 Å². The molecule has 1 atom stereocenters. The van der Waals surface area contributed by atoms with Gasteiger partial charge in [-0.15, -0.1) is 0 Å². The minimum atomic E-state index is -0.579. The van der Waals surface area contributed by atoms with E-state index in [1.165, 1.54) is 135 Å². The Bertz CT molecular complexity index is 1270. The van der Waals surface area contributed by atoms with Crippen LogP contribution in [-0.4, -0.2) is 37.9 Å². The van der Waals surface area contributed by atoms with Crippen LogP contribution in [0.4, 0.5) is 0 Å². The third-order valence-electron chi connectivity index (χ3n) is 11.6. The zero-order valence-electron chi connectivity index (χ0n) is 43.4. The average Bonchev–Trinajstić information content (AvgIpc) is 3.32. The van der Waals surface area contributed by atoms with Gasteiger partial charge in [0.25, 0.3) is 0 Å². The van der Waals surface area contributed by atoms with Gasteiger partial charge >= 0.3 is 11.9 Å². The molecule has 0 radical (unpaired) electrons. The summed E-state index contributed by atoms with van der Waals surface area (Å²) in [5.41, 5.74) is 0. The molecule has 0 aliphatic rings. The van der Waals surface area contributed by atoms with Gasteiger partial charge < -0.3 is 14.2 Å². The van der Waals surface area contributed by atoms with E-state index in [0.717, 1.165) is 77.0 Å². The summed E-state index contributed by atoms with van der Waals surface area (Å²) in [6.45, 7) is 7.61. The first-order chi connectivity index (χ1) is 32.6. The molecule has 0 spiro atoms. The average molecular weight is 917 g/mol. The summed E-state index contributed by atoms with van der Waals surface area (Å²) in [5.74, 6) is -0.506. The van der Waals surface area contributed by atoms with Crippen LogP contribution in [0.2, 0.25) is 0 Å². The second-order valence-electron chi connectivity index (χ2n) is 18.1. The van der Waals surface area contributed by atoms with Gasteiger partial charge in [0.2, 0.25) is 0 Å². The zero-order chi connectivity index (χ0) is 47.7. The molecule has 1 unspecified atom stereocenters. The number of unbranched alkanes of at least 4 members (excludes halogenated alkanes) is 23. The maximum Gasteiger partial charge on any atom is 0.306 e. The Morgan fingerprint density at radius 1 is 0.348 bits per heavy atom. The maximum absolute atomic E-state index is 12.8. The zero-order valence-corrected chi connectivity index (χ0v) is 43.4. The fraction of sp³-hybridized carbons (Fsp3) is 0.705. The van der Waals surface area contributed by atoms with Crippen molar-refractivity contribution in [2.45, 2.75) is 258 Å². The van der Waals surface area contributed by atoms with E-state index in [-0.39, 0.29) is 25.2 Å². The lowest BCUT2D eigenvalue weighted by Gasteiger charge is -2.18. The summed E-state index contributed by atoms with van der Waals surface area (Å²) in [5, 5.41) is 0. The van der Waals surface area contributed by atoms with Crippen LogP contribution < -0.4 is 0 Å². The van der Waals surface area contributed by atoms with E-state index in [1.54, 1.807) is 0 Å². The monoisotopic (exact) mass is 917 g/mol. The SMILES string of the molecule is CC/C=C\C/C=C\C/C=C\C/C=C\C/C=C\C/C=C\CCC(=O)OCC(COCCCCCCCC/C=C\CCCCCCCC)OC(=O)CCCCCCC/C=C\CCCCCCCC. The number of carbonyl (C=O) groups is 2. The van der Waals surface area contributed by atoms with Crippen LogP contribution in [0, 0.1) is 0 Å². The first-order valence-corrected chi connectivity index (χ1v) is 27.8. The third-order valence-corrected chi connectivity index (χ3v) is 11.6. The van der Waals surface area contributed by atoms with Crippen LogP contribution in [0.15, 0.2) is 97.2 Å². The highest BCUT2D eigenvalue weighted by molar-refractivity contribution is 5.70. The van der Waals surface area contributed by atoms with E-state index in [4.69, 9.17) is 14.2 Å². The van der Waals surface area contributed by atoms with Gasteiger partial charge in [0.15, 0.2) is 6.10 Å². The fourth-order valence-electron chi connectivity index (χ4n) is 7.47. The Balaban J connectivity index is 4.42. The molecule has 0 fully saturated rings. The van der Waals surface area contributed by atoms with Gasteiger partial charge in [0, 0.05) is 19.4 Å². The minimum Gasteiger partial charge on any atom is -0.462 e. The number of allylic oxidation sites excluding steroid dienone is 16. The van der Waals surface area contributed by atoms with Gasteiger partial charge in [-0.3, -0.25) is 9.59 Å². The normalized spacial score (nSPS) is 13.0. The molecular weight excluding hydrogens is 813 g/mol. The Hall–Kier alpha value is -3.18. The van der Waals surface area contributed by atoms with Crippen molar-refractivity contribution in [3.05, 3.63) is 97.2 Å². The largest absolute Gasteiger partial charge is 0.462 e. The van der Waals surface area contributed by atoms with E-state index < -0.39 is 6.10 Å². The van der Waals surface area contributed by atoms with Gasteiger partial charge in [-0.2, -0.15) is 0 Å². The molecule has 0 saturated heterocycles. The molecule has 0 aromatic heterocycles. The summed E-state index contributed by atoms with van der Waals surface area (Å²) in [7, 11) is 0. The highest BCUT2D eigenvalue weighted by Crippen LogP contribution is 2.13. The van der Waals surface area contributed by atoms with E-state index in [0.29, 0.717) is 25.9 Å². The van der Waals surface area contributed by atoms with Crippen molar-refractivity contribution in [3.63, 3.8) is 0 Å². The Labute approximate surface area is 409 Å². The topological polar surface area (TPSA) is 61.8 Å². The summed E-state index contributed by atoms with van der Waals surface area (Å²) in [6.07, 6.45) is 75.8. The molecule has 0 bridgehead atoms. The van der Waals surface area contributed by atoms with Gasteiger partial charge in [-0.1, -0.05) is 227 Å². The first kappa shape index (κ1) is 62.8. The number of ether oxygens (including phenoxy) is 3. The van der Waals surface area contributed by atoms with Gasteiger partial charge in [0.05, 0.1) is 6.61 Å². The molecule has 0 N–H and O–H groups in total. The van der Waals surface area contributed by atoms with Gasteiger partial charge in [-0.25, -0.2) is 0 Å². The van der Waals surface area contributed by atoms with Crippen LogP contribution in [0.1, 0.15) is 252 Å². The molecule has 5 heteroatoms. The van der Waals surface area contributed by atoms with Crippen LogP contribution in [0.5, 0.6) is 0 Å². The van der Waals surface area contributed by atoms with Crippen LogP contribution >= 0.6 is 0 Å². The standard InChI is InChI=1S/C61H104O5/c1-4-7-10-13-16-19-22-25-28-30-31-32-34-36-39-42-45-48-51-54-60(62)65-58-59(57-64-56-53-50-47-44-41-38-35-29-26-23-20-17-14-11-8-5-2)66-61(63)55-52-49-46-43-40-37-33-27-24-21-18-15-12-9-6-3/h7,10,16,19,25-29,31-33,36,39,45,48,59H,4-6,8-9,11-15,17-18,20-24,30,34-35,37-38,40-44,46-47,49-58H2,1-3H3/b10-7-,19-16-,28-25-,29-26-,32-31-,33-27-,39-36-,48-45-. The van der Waals surface area contributed by atoms with Gasteiger partial charge in [0.1, 0.15) is 6.61 Å². The summed E-state index contributed by atoms with van der Waals surface area (Å²) < 4.78 is 17.4. The molecule has 0 aromatic rings. The molecule has 0 amide bonds. The number of esters is 2. The molecule has 0 saturated carbocycles. The molecular formula is C61H104O5. The summed E-state index contributed by atoms with van der Waals surface area (Å²) in [4.78, 5) is 25.4. The lowest BCUT2D eigenvalue weighted by atomic mass is 10.1. The van der Waals surface area contributed by atoms with E-state index >= 15 is 0 Å². The van der Waals surface area contributed by atoms with E-state index in [1.807, 2.05) is 6.08 Å². The van der Waals surface area contributed by atoms with Crippen molar-refractivity contribution in [1.29, 1.82) is 0 Å². The number of hydrogen-bond donors (Lipinski definition) is 0. The second-order valence-corrected chi connectivity index (χ2v) is 18.1. The molecule has 0 heterocycles. The second kappa shape index (κ2) is 56.1. The fourth-order valence-corrected chi connectivity index (χ4v) is 7.47. The number of hydrogen-bond acceptors (Lipinski definition) is 5. The molecule has 0 aromatic carbocycles.